The fraction of sp³-hybridized carbons (Fsp3) is 0.231. The molecule has 2 rings (SSSR count). The van der Waals surface area contributed by atoms with Crippen molar-refractivity contribution in [1.82, 2.24) is 9.78 Å². The zero-order chi connectivity index (χ0) is 14.7. The zero-order valence-electron chi connectivity index (χ0n) is 11.0. The summed E-state index contributed by atoms with van der Waals surface area (Å²) < 4.78 is 6.92. The number of aryl methyl sites for hydroxylation is 2. The Bertz CT molecular complexity index is 620. The van der Waals surface area contributed by atoms with Crippen molar-refractivity contribution in [1.29, 1.82) is 0 Å². The van der Waals surface area contributed by atoms with Gasteiger partial charge in [-0.15, -0.1) is 0 Å². The minimum atomic E-state index is -0.316. The molecule has 0 atom stereocenters. The number of carbonyl (C=O) groups excluding carboxylic acids is 1. The van der Waals surface area contributed by atoms with E-state index < -0.39 is 0 Å². The highest BCUT2D eigenvalue weighted by Gasteiger charge is 2.11. The van der Waals surface area contributed by atoms with E-state index in [0.717, 1.165) is 5.69 Å². The van der Waals surface area contributed by atoms with Gasteiger partial charge in [-0.1, -0.05) is 29.3 Å². The van der Waals surface area contributed by atoms with Gasteiger partial charge < -0.3 is 10.1 Å². The molecule has 1 aromatic heterocycles. The van der Waals surface area contributed by atoms with Gasteiger partial charge in [-0.25, -0.2) is 0 Å². The number of nitrogens with zero attached hydrogens (tertiary/aromatic N) is 2. The smallest absolute Gasteiger partial charge is 0.263 e. The number of hydrogen-bond acceptors (Lipinski definition) is 3. The van der Waals surface area contributed by atoms with E-state index in [1.54, 1.807) is 36.0 Å². The number of benzene rings is 1. The van der Waals surface area contributed by atoms with Gasteiger partial charge in [0.05, 0.1) is 15.7 Å². The van der Waals surface area contributed by atoms with Crippen LogP contribution in [0.4, 0.5) is 5.82 Å². The fourth-order valence-corrected chi connectivity index (χ4v) is 2.17. The predicted molar refractivity (Wildman–Crippen MR) is 78.5 cm³/mol. The molecular weight excluding hydrogens is 301 g/mol. The molecule has 1 aromatic carbocycles. The number of aromatic nitrogens is 2. The number of nitrogens with one attached hydrogen (secondary N) is 1. The molecule has 7 heteroatoms. The molecule has 20 heavy (non-hydrogen) atoms. The first-order chi connectivity index (χ1) is 9.47. The third-order valence-corrected chi connectivity index (χ3v) is 3.13. The summed E-state index contributed by atoms with van der Waals surface area (Å²) in [6, 6.07) is 6.76. The molecule has 0 aliphatic heterocycles. The molecule has 2 aromatic rings. The largest absolute Gasteiger partial charge is 0.481 e. The summed E-state index contributed by atoms with van der Waals surface area (Å²) in [5, 5.41) is 7.55. The van der Waals surface area contributed by atoms with Crippen LogP contribution >= 0.6 is 23.2 Å². The maximum Gasteiger partial charge on any atom is 0.263 e. The lowest BCUT2D eigenvalue weighted by atomic mass is 10.3. The first-order valence-corrected chi connectivity index (χ1v) is 6.60. The highest BCUT2D eigenvalue weighted by molar-refractivity contribution is 6.37. The maximum atomic E-state index is 11.8. The Morgan fingerprint density at radius 1 is 1.40 bits per heavy atom. The monoisotopic (exact) mass is 313 g/mol. The Labute approximate surface area is 126 Å². The second-order valence-electron chi connectivity index (χ2n) is 4.18. The number of anilines is 1. The standard InChI is InChI=1S/C13H13Cl2N3O2/c1-8-6-11(18(2)17-8)16-12(19)7-20-13-9(14)4-3-5-10(13)15/h3-6H,7H2,1-2H3,(H,16,19). The molecule has 0 radical (unpaired) electrons. The highest BCUT2D eigenvalue weighted by atomic mass is 35.5. The molecule has 0 aliphatic rings. The Hall–Kier alpha value is -1.72. The SMILES string of the molecule is Cc1cc(NC(=O)COc2c(Cl)cccc2Cl)n(C)n1. The van der Waals surface area contributed by atoms with E-state index >= 15 is 0 Å². The van der Waals surface area contributed by atoms with Crippen LogP contribution in [0.25, 0.3) is 0 Å². The molecule has 0 aliphatic carbocycles. The van der Waals surface area contributed by atoms with Crippen molar-refractivity contribution in [3.05, 3.63) is 40.0 Å². The van der Waals surface area contributed by atoms with Crippen molar-refractivity contribution in [3.8, 4) is 5.75 Å². The van der Waals surface area contributed by atoms with E-state index in [4.69, 9.17) is 27.9 Å². The molecular formula is C13H13Cl2N3O2. The highest BCUT2D eigenvalue weighted by Crippen LogP contribution is 2.32. The van der Waals surface area contributed by atoms with Gasteiger partial charge in [0.1, 0.15) is 5.82 Å². The number of carbonyl (C=O) groups is 1. The number of ether oxygens (including phenoxy) is 1. The average Bonchev–Trinajstić information content (AvgIpc) is 2.67. The molecule has 106 valence electrons. The first-order valence-electron chi connectivity index (χ1n) is 5.84. The van der Waals surface area contributed by atoms with Crippen molar-refractivity contribution in [3.63, 3.8) is 0 Å². The first kappa shape index (κ1) is 14.7. The van der Waals surface area contributed by atoms with E-state index in [1.165, 1.54) is 0 Å². The lowest BCUT2D eigenvalue weighted by Gasteiger charge is -2.10. The number of halogens is 2. The number of hydrogen-bond donors (Lipinski definition) is 1. The number of para-hydroxylation sites is 1. The number of rotatable bonds is 4. The van der Waals surface area contributed by atoms with Gasteiger partial charge in [-0.05, 0) is 19.1 Å². The number of amides is 1. The van der Waals surface area contributed by atoms with Crippen LogP contribution in [0.5, 0.6) is 5.75 Å². The van der Waals surface area contributed by atoms with Crippen LogP contribution in [0.2, 0.25) is 10.0 Å². The van der Waals surface area contributed by atoms with Gasteiger partial charge in [0, 0.05) is 13.1 Å². The molecule has 0 fully saturated rings. The van der Waals surface area contributed by atoms with Gasteiger partial charge in [0.2, 0.25) is 0 Å². The van der Waals surface area contributed by atoms with Crippen LogP contribution in [0.1, 0.15) is 5.69 Å². The molecule has 0 spiro atoms. The summed E-state index contributed by atoms with van der Waals surface area (Å²) in [6.45, 7) is 1.66. The second-order valence-corrected chi connectivity index (χ2v) is 5.00. The summed E-state index contributed by atoms with van der Waals surface area (Å²) in [4.78, 5) is 11.8. The molecule has 0 unspecified atom stereocenters. The Balaban J connectivity index is 1.97. The van der Waals surface area contributed by atoms with Crippen LogP contribution in [-0.2, 0) is 11.8 Å². The third-order valence-electron chi connectivity index (χ3n) is 2.54. The van der Waals surface area contributed by atoms with E-state index in [-0.39, 0.29) is 12.5 Å². The molecule has 1 heterocycles. The molecule has 0 bridgehead atoms. The summed E-state index contributed by atoms with van der Waals surface area (Å²) in [5.74, 6) is 0.581. The van der Waals surface area contributed by atoms with Crippen LogP contribution < -0.4 is 10.1 Å². The minimum Gasteiger partial charge on any atom is -0.481 e. The summed E-state index contributed by atoms with van der Waals surface area (Å²) >= 11 is 11.9. The van der Waals surface area contributed by atoms with E-state index in [2.05, 4.69) is 10.4 Å². The van der Waals surface area contributed by atoms with Gasteiger partial charge >= 0.3 is 0 Å². The molecule has 5 nitrogen and oxygen atoms in total. The minimum absolute atomic E-state index is 0.187. The molecule has 1 N–H and O–H groups in total. The molecule has 0 saturated carbocycles. The maximum absolute atomic E-state index is 11.8. The van der Waals surface area contributed by atoms with Gasteiger partial charge in [0.25, 0.3) is 5.91 Å². The quantitative estimate of drug-likeness (QED) is 0.943. The van der Waals surface area contributed by atoms with Crippen molar-refractivity contribution >= 4 is 34.9 Å². The molecule has 0 saturated heterocycles. The van der Waals surface area contributed by atoms with Crippen LogP contribution in [0.15, 0.2) is 24.3 Å². The van der Waals surface area contributed by atoms with Crippen molar-refractivity contribution in [2.24, 2.45) is 7.05 Å². The topological polar surface area (TPSA) is 56.1 Å². The Kier molecular flexibility index (Phi) is 4.52. The van der Waals surface area contributed by atoms with Crippen LogP contribution in [0.3, 0.4) is 0 Å². The predicted octanol–water partition coefficient (Wildman–Crippen LogP) is 3.05. The van der Waals surface area contributed by atoms with E-state index in [9.17, 15) is 4.79 Å². The van der Waals surface area contributed by atoms with E-state index in [0.29, 0.717) is 21.6 Å². The van der Waals surface area contributed by atoms with Crippen molar-refractivity contribution in [2.45, 2.75) is 6.92 Å². The average molecular weight is 314 g/mol. The Morgan fingerprint density at radius 3 is 2.60 bits per heavy atom. The van der Waals surface area contributed by atoms with Crippen LogP contribution in [0, 0.1) is 6.92 Å². The Morgan fingerprint density at radius 2 is 2.05 bits per heavy atom. The fourth-order valence-electron chi connectivity index (χ4n) is 1.66. The van der Waals surface area contributed by atoms with Crippen LogP contribution in [-0.4, -0.2) is 22.3 Å². The summed E-state index contributed by atoms with van der Waals surface area (Å²) in [7, 11) is 1.74. The van der Waals surface area contributed by atoms with E-state index in [1.807, 2.05) is 6.92 Å². The van der Waals surface area contributed by atoms with Crippen molar-refractivity contribution < 1.29 is 9.53 Å². The van der Waals surface area contributed by atoms with Crippen molar-refractivity contribution in [2.75, 3.05) is 11.9 Å². The normalized spacial score (nSPS) is 10.4. The third kappa shape index (κ3) is 3.43. The zero-order valence-corrected chi connectivity index (χ0v) is 12.5. The molecule has 1 amide bonds. The second kappa shape index (κ2) is 6.15. The summed E-state index contributed by atoms with van der Waals surface area (Å²) in [5.41, 5.74) is 0.817. The lowest BCUT2D eigenvalue weighted by molar-refractivity contribution is -0.118. The van der Waals surface area contributed by atoms with Gasteiger partial charge in [0.15, 0.2) is 12.4 Å². The summed E-state index contributed by atoms with van der Waals surface area (Å²) in [6.07, 6.45) is 0. The van der Waals surface area contributed by atoms with Gasteiger partial charge in [-0.2, -0.15) is 5.10 Å². The van der Waals surface area contributed by atoms with Gasteiger partial charge in [-0.3, -0.25) is 9.48 Å². The lowest BCUT2D eigenvalue weighted by Crippen LogP contribution is -2.21.